The van der Waals surface area contributed by atoms with Gasteiger partial charge in [-0.3, -0.25) is 0 Å². The maximum absolute atomic E-state index is 4.81. The second-order valence-corrected chi connectivity index (χ2v) is 6.10. The fourth-order valence-electron chi connectivity index (χ4n) is 2.22. The summed E-state index contributed by atoms with van der Waals surface area (Å²) < 4.78 is 0. The summed E-state index contributed by atoms with van der Waals surface area (Å²) in [4.78, 5) is 6.92. The highest BCUT2D eigenvalue weighted by molar-refractivity contribution is 7.11. The van der Waals surface area contributed by atoms with Crippen LogP contribution in [0.25, 0.3) is 23.0 Å². The normalized spacial score (nSPS) is 11.5. The van der Waals surface area contributed by atoms with E-state index >= 15 is 0 Å². The molecule has 0 aliphatic heterocycles. The molecule has 0 saturated carbocycles. The second-order valence-electron chi connectivity index (χ2n) is 5.24. The Bertz CT molecular complexity index is 758. The van der Waals surface area contributed by atoms with E-state index in [1.54, 1.807) is 11.3 Å². The van der Waals surface area contributed by atoms with Gasteiger partial charge >= 0.3 is 0 Å². The van der Waals surface area contributed by atoms with E-state index in [-0.39, 0.29) is 0 Å². The molecule has 2 nitrogen and oxygen atoms in total. The van der Waals surface area contributed by atoms with Gasteiger partial charge in [0.15, 0.2) is 0 Å². The van der Waals surface area contributed by atoms with Crippen molar-refractivity contribution in [2.24, 2.45) is 0 Å². The molecule has 3 aromatic rings. The lowest BCUT2D eigenvalue weighted by atomic mass is 10.2. The van der Waals surface area contributed by atoms with Gasteiger partial charge in [0.05, 0.1) is 11.4 Å². The van der Waals surface area contributed by atoms with E-state index in [0.717, 1.165) is 22.0 Å². The van der Waals surface area contributed by atoms with Gasteiger partial charge in [-0.25, -0.2) is 4.98 Å². The van der Waals surface area contributed by atoms with Gasteiger partial charge in [-0.2, -0.15) is 0 Å². The Morgan fingerprint density at radius 3 is 2.23 bits per heavy atom. The monoisotopic (exact) mass is 306 g/mol. The maximum atomic E-state index is 4.81. The molecule has 0 aliphatic rings. The summed E-state index contributed by atoms with van der Waals surface area (Å²) in [6.07, 6.45) is 2.17. The van der Waals surface area contributed by atoms with Gasteiger partial charge in [0, 0.05) is 25.0 Å². The third-order valence-electron chi connectivity index (χ3n) is 3.38. The number of hydrogen-bond acceptors (Lipinski definition) is 3. The Morgan fingerprint density at radius 1 is 0.955 bits per heavy atom. The predicted octanol–water partition coefficient (Wildman–Crippen LogP) is 4.87. The van der Waals surface area contributed by atoms with E-state index in [2.05, 4.69) is 66.8 Å². The van der Waals surface area contributed by atoms with Gasteiger partial charge in [-0.1, -0.05) is 60.7 Å². The molecule has 0 unspecified atom stereocenters. The molecule has 0 bridgehead atoms. The van der Waals surface area contributed by atoms with Gasteiger partial charge in [-0.05, 0) is 11.6 Å². The zero-order valence-corrected chi connectivity index (χ0v) is 13.5. The van der Waals surface area contributed by atoms with Crippen molar-refractivity contribution >= 4 is 23.1 Å². The topological polar surface area (TPSA) is 16.1 Å². The van der Waals surface area contributed by atoms with Crippen LogP contribution < -0.4 is 0 Å². The van der Waals surface area contributed by atoms with E-state index in [4.69, 9.17) is 4.98 Å². The first-order valence-electron chi connectivity index (χ1n) is 7.19. The molecule has 0 aliphatic carbocycles. The van der Waals surface area contributed by atoms with Gasteiger partial charge in [0.2, 0.25) is 0 Å². The average molecular weight is 306 g/mol. The van der Waals surface area contributed by atoms with Crippen molar-refractivity contribution in [1.29, 1.82) is 0 Å². The maximum Gasteiger partial charge on any atom is 0.140 e. The molecule has 1 aromatic heterocycles. The first kappa shape index (κ1) is 14.5. The molecule has 2 aromatic carbocycles. The van der Waals surface area contributed by atoms with Crippen molar-refractivity contribution < 1.29 is 0 Å². The minimum atomic E-state index is 1.03. The Kier molecular flexibility index (Phi) is 4.35. The molecule has 22 heavy (non-hydrogen) atoms. The molecule has 3 rings (SSSR count). The smallest absolute Gasteiger partial charge is 0.140 e. The Balaban J connectivity index is 1.97. The van der Waals surface area contributed by atoms with Crippen molar-refractivity contribution in [2.45, 2.75) is 0 Å². The Hall–Kier alpha value is -2.39. The molecular formula is C19H18N2S. The third kappa shape index (κ3) is 3.26. The zero-order chi connectivity index (χ0) is 15.4. The molecule has 0 amide bonds. The zero-order valence-electron chi connectivity index (χ0n) is 12.7. The molecule has 3 heteroatoms. The standard InChI is InChI=1S/C19H18N2S/c1-21(2)18(13-15-9-5-3-6-10-15)19-20-17(14-22-19)16-11-7-4-8-12-16/h3-14H,1-2H3. The lowest BCUT2D eigenvalue weighted by Crippen LogP contribution is -2.09. The minimum Gasteiger partial charge on any atom is -0.375 e. The number of rotatable bonds is 4. The number of aromatic nitrogens is 1. The van der Waals surface area contributed by atoms with Crippen LogP contribution in [0.5, 0.6) is 0 Å². The molecule has 0 radical (unpaired) electrons. The summed E-state index contributed by atoms with van der Waals surface area (Å²) in [5.74, 6) is 0. The van der Waals surface area contributed by atoms with Crippen LogP contribution >= 0.6 is 11.3 Å². The van der Waals surface area contributed by atoms with Crippen LogP contribution in [0.15, 0.2) is 66.0 Å². The quantitative estimate of drug-likeness (QED) is 0.683. The van der Waals surface area contributed by atoms with Crippen LogP contribution in [0.2, 0.25) is 0 Å². The first-order valence-corrected chi connectivity index (χ1v) is 8.07. The number of hydrogen-bond donors (Lipinski definition) is 0. The molecule has 0 spiro atoms. The van der Waals surface area contributed by atoms with Gasteiger partial charge in [0.1, 0.15) is 5.01 Å². The second kappa shape index (κ2) is 6.58. The van der Waals surface area contributed by atoms with E-state index < -0.39 is 0 Å². The number of thiazole rings is 1. The summed E-state index contributed by atoms with van der Waals surface area (Å²) in [7, 11) is 4.11. The molecule has 0 atom stereocenters. The summed E-state index contributed by atoms with van der Waals surface area (Å²) in [5, 5.41) is 3.15. The van der Waals surface area contributed by atoms with Crippen molar-refractivity contribution in [2.75, 3.05) is 14.1 Å². The molecule has 110 valence electrons. The van der Waals surface area contributed by atoms with Crippen LogP contribution in [0.4, 0.5) is 0 Å². The minimum absolute atomic E-state index is 1.03. The van der Waals surface area contributed by atoms with Crippen LogP contribution in [0, 0.1) is 0 Å². The predicted molar refractivity (Wildman–Crippen MR) is 95.6 cm³/mol. The van der Waals surface area contributed by atoms with Gasteiger partial charge in [-0.15, -0.1) is 11.3 Å². The van der Waals surface area contributed by atoms with E-state index in [1.165, 1.54) is 5.56 Å². The molecule has 1 heterocycles. The van der Waals surface area contributed by atoms with Gasteiger partial charge in [0.25, 0.3) is 0 Å². The number of nitrogens with zero attached hydrogens (tertiary/aromatic N) is 2. The molecule has 0 fully saturated rings. The SMILES string of the molecule is CN(C)C(=Cc1ccccc1)c1nc(-c2ccccc2)cs1. The Morgan fingerprint density at radius 2 is 1.59 bits per heavy atom. The molecular weight excluding hydrogens is 288 g/mol. The van der Waals surface area contributed by atoms with Crippen LogP contribution in [-0.4, -0.2) is 24.0 Å². The Labute approximate surface area is 135 Å². The fraction of sp³-hybridized carbons (Fsp3) is 0.105. The highest BCUT2D eigenvalue weighted by Crippen LogP contribution is 2.28. The third-order valence-corrected chi connectivity index (χ3v) is 4.24. The van der Waals surface area contributed by atoms with E-state index in [0.29, 0.717) is 0 Å². The summed E-state index contributed by atoms with van der Waals surface area (Å²) in [6.45, 7) is 0. The van der Waals surface area contributed by atoms with E-state index in [9.17, 15) is 0 Å². The van der Waals surface area contributed by atoms with Gasteiger partial charge < -0.3 is 4.90 Å². The van der Waals surface area contributed by atoms with Crippen molar-refractivity contribution in [3.8, 4) is 11.3 Å². The lowest BCUT2D eigenvalue weighted by Gasteiger charge is -2.15. The summed E-state index contributed by atoms with van der Waals surface area (Å²) in [5.41, 5.74) is 4.49. The molecule has 0 N–H and O–H groups in total. The molecule has 0 saturated heterocycles. The average Bonchev–Trinajstić information content (AvgIpc) is 3.04. The highest BCUT2D eigenvalue weighted by Gasteiger charge is 2.10. The summed E-state index contributed by atoms with van der Waals surface area (Å²) in [6, 6.07) is 20.6. The van der Waals surface area contributed by atoms with Crippen molar-refractivity contribution in [1.82, 2.24) is 9.88 Å². The first-order chi connectivity index (χ1) is 10.7. The van der Waals surface area contributed by atoms with Crippen molar-refractivity contribution in [3.63, 3.8) is 0 Å². The van der Waals surface area contributed by atoms with Crippen LogP contribution in [0.1, 0.15) is 10.6 Å². The number of benzene rings is 2. The largest absolute Gasteiger partial charge is 0.375 e. The lowest BCUT2D eigenvalue weighted by molar-refractivity contribution is 0.594. The van der Waals surface area contributed by atoms with Crippen LogP contribution in [-0.2, 0) is 0 Å². The van der Waals surface area contributed by atoms with E-state index in [1.807, 2.05) is 24.3 Å². The summed E-state index contributed by atoms with van der Waals surface area (Å²) >= 11 is 1.68. The van der Waals surface area contributed by atoms with Crippen molar-refractivity contribution in [3.05, 3.63) is 76.6 Å². The highest BCUT2D eigenvalue weighted by atomic mass is 32.1. The fourth-order valence-corrected chi connectivity index (χ4v) is 3.15. The van der Waals surface area contributed by atoms with Crippen LogP contribution in [0.3, 0.4) is 0 Å².